The van der Waals surface area contributed by atoms with Gasteiger partial charge in [-0.1, -0.05) is 29.5 Å². The van der Waals surface area contributed by atoms with E-state index in [0.29, 0.717) is 15.6 Å². The zero-order valence-electron chi connectivity index (χ0n) is 12.9. The second-order valence-corrected chi connectivity index (χ2v) is 9.40. The van der Waals surface area contributed by atoms with Crippen LogP contribution in [0.2, 0.25) is 0 Å². The monoisotopic (exact) mass is 379 g/mol. The van der Waals surface area contributed by atoms with E-state index in [4.69, 9.17) is 4.74 Å². The molecule has 1 aromatic heterocycles. The van der Waals surface area contributed by atoms with Gasteiger partial charge >= 0.3 is 0 Å². The zero-order valence-corrected chi connectivity index (χ0v) is 15.4. The zero-order chi connectivity index (χ0) is 16.4. The van der Waals surface area contributed by atoms with Crippen LogP contribution in [0.5, 0.6) is 5.75 Å². The summed E-state index contributed by atoms with van der Waals surface area (Å²) in [6, 6.07) is 7.96. The van der Waals surface area contributed by atoms with E-state index in [9.17, 15) is 4.79 Å². The molecule has 4 rings (SSSR count). The van der Waals surface area contributed by atoms with Gasteiger partial charge in [-0.15, -0.1) is 33.7 Å². The SMILES string of the molecule is O=C(COc1ccccc1C1SCCS1)Nc1nnc(C2CC2)s1. The first-order valence-electron chi connectivity index (χ1n) is 7.88. The number of ether oxygens (including phenoxy) is 1. The largest absolute Gasteiger partial charge is 0.483 e. The second-order valence-electron chi connectivity index (χ2n) is 5.67. The van der Waals surface area contributed by atoms with Crippen LogP contribution in [0.4, 0.5) is 5.13 Å². The molecule has 2 aliphatic rings. The van der Waals surface area contributed by atoms with Gasteiger partial charge in [0.05, 0.1) is 4.58 Å². The van der Waals surface area contributed by atoms with Crippen molar-refractivity contribution in [2.45, 2.75) is 23.3 Å². The van der Waals surface area contributed by atoms with Gasteiger partial charge in [0.25, 0.3) is 5.91 Å². The molecule has 0 atom stereocenters. The summed E-state index contributed by atoms with van der Waals surface area (Å²) in [5, 5.41) is 12.5. The highest BCUT2D eigenvalue weighted by Crippen LogP contribution is 2.48. The maximum absolute atomic E-state index is 12.1. The molecule has 1 aliphatic heterocycles. The Labute approximate surface area is 153 Å². The lowest BCUT2D eigenvalue weighted by Crippen LogP contribution is -2.20. The summed E-state index contributed by atoms with van der Waals surface area (Å²) < 4.78 is 6.16. The highest BCUT2D eigenvalue weighted by molar-refractivity contribution is 8.19. The Morgan fingerprint density at radius 3 is 2.79 bits per heavy atom. The van der Waals surface area contributed by atoms with Crippen LogP contribution in [0, 0.1) is 0 Å². The highest BCUT2D eigenvalue weighted by atomic mass is 32.2. The van der Waals surface area contributed by atoms with Crippen molar-refractivity contribution < 1.29 is 9.53 Å². The molecule has 2 aromatic rings. The maximum Gasteiger partial charge on any atom is 0.264 e. The topological polar surface area (TPSA) is 64.1 Å². The Morgan fingerprint density at radius 1 is 1.21 bits per heavy atom. The van der Waals surface area contributed by atoms with Gasteiger partial charge in [-0.25, -0.2) is 0 Å². The molecule has 1 N–H and O–H groups in total. The van der Waals surface area contributed by atoms with E-state index in [-0.39, 0.29) is 12.5 Å². The van der Waals surface area contributed by atoms with Crippen LogP contribution in [0.25, 0.3) is 0 Å². The molecule has 1 saturated heterocycles. The van der Waals surface area contributed by atoms with Crippen molar-refractivity contribution in [3.05, 3.63) is 34.8 Å². The fraction of sp³-hybridized carbons (Fsp3) is 0.438. The first kappa shape index (κ1) is 16.2. The Bertz CT molecular complexity index is 727. The summed E-state index contributed by atoms with van der Waals surface area (Å²) in [5.41, 5.74) is 1.16. The molecular formula is C16H17N3O2S3. The number of anilines is 1. The van der Waals surface area contributed by atoms with Crippen LogP contribution in [-0.4, -0.2) is 34.2 Å². The molecule has 8 heteroatoms. The predicted molar refractivity (Wildman–Crippen MR) is 100 cm³/mol. The average Bonchev–Trinajstić information content (AvgIpc) is 3.10. The van der Waals surface area contributed by atoms with Gasteiger partial charge in [-0.2, -0.15) is 0 Å². The van der Waals surface area contributed by atoms with Gasteiger partial charge in [-0.3, -0.25) is 10.1 Å². The Morgan fingerprint density at radius 2 is 2.00 bits per heavy atom. The molecular weight excluding hydrogens is 362 g/mol. The van der Waals surface area contributed by atoms with E-state index >= 15 is 0 Å². The number of rotatable bonds is 6. The number of amides is 1. The van der Waals surface area contributed by atoms with Crippen molar-refractivity contribution in [3.8, 4) is 5.75 Å². The number of carbonyl (C=O) groups excluding carboxylic acids is 1. The van der Waals surface area contributed by atoms with E-state index in [0.717, 1.165) is 27.8 Å². The van der Waals surface area contributed by atoms with E-state index in [1.165, 1.54) is 24.2 Å². The molecule has 0 bridgehead atoms. The quantitative estimate of drug-likeness (QED) is 0.821. The van der Waals surface area contributed by atoms with Crippen molar-refractivity contribution in [2.75, 3.05) is 23.4 Å². The molecule has 1 amide bonds. The number of nitrogens with zero attached hydrogens (tertiary/aromatic N) is 2. The molecule has 24 heavy (non-hydrogen) atoms. The molecule has 126 valence electrons. The van der Waals surface area contributed by atoms with E-state index in [1.807, 2.05) is 41.7 Å². The third-order valence-corrected chi connectivity index (χ3v) is 7.84. The van der Waals surface area contributed by atoms with Crippen molar-refractivity contribution in [3.63, 3.8) is 0 Å². The molecule has 2 fully saturated rings. The standard InChI is InChI=1S/C16H17N3O2S3/c20-13(17-16-19-18-14(24-16)10-5-6-10)9-21-12-4-2-1-3-11(12)15-22-7-8-23-15/h1-4,10,15H,5-9H2,(H,17,19,20). The summed E-state index contributed by atoms with van der Waals surface area (Å²) in [6.45, 7) is -0.0165. The number of thioether (sulfide) groups is 2. The summed E-state index contributed by atoms with van der Waals surface area (Å²) >= 11 is 5.31. The molecule has 2 heterocycles. The minimum Gasteiger partial charge on any atom is -0.483 e. The fourth-order valence-corrected chi connectivity index (χ4v) is 6.26. The van der Waals surface area contributed by atoms with Crippen molar-refractivity contribution in [1.82, 2.24) is 10.2 Å². The van der Waals surface area contributed by atoms with E-state index in [2.05, 4.69) is 21.6 Å². The maximum atomic E-state index is 12.1. The van der Waals surface area contributed by atoms with E-state index in [1.54, 1.807) is 0 Å². The minimum atomic E-state index is -0.199. The van der Waals surface area contributed by atoms with Gasteiger partial charge in [0.1, 0.15) is 10.8 Å². The summed E-state index contributed by atoms with van der Waals surface area (Å²) in [5.74, 6) is 3.46. The number of hydrogen-bond acceptors (Lipinski definition) is 7. The van der Waals surface area contributed by atoms with Gasteiger partial charge in [0, 0.05) is 23.0 Å². The molecule has 1 aromatic carbocycles. The number of nitrogens with one attached hydrogen (secondary N) is 1. The smallest absolute Gasteiger partial charge is 0.264 e. The highest BCUT2D eigenvalue weighted by Gasteiger charge is 2.28. The Balaban J connectivity index is 1.34. The van der Waals surface area contributed by atoms with Gasteiger partial charge < -0.3 is 4.74 Å². The normalized spacial score (nSPS) is 17.8. The molecule has 0 unspecified atom stereocenters. The lowest BCUT2D eigenvalue weighted by molar-refractivity contribution is -0.118. The summed E-state index contributed by atoms with van der Waals surface area (Å²) in [4.78, 5) is 12.1. The van der Waals surface area contributed by atoms with Crippen LogP contribution in [0.15, 0.2) is 24.3 Å². The number of carbonyl (C=O) groups is 1. The average molecular weight is 380 g/mol. The van der Waals surface area contributed by atoms with Gasteiger partial charge in [0.2, 0.25) is 5.13 Å². The van der Waals surface area contributed by atoms with Gasteiger partial charge in [0.15, 0.2) is 6.61 Å². The van der Waals surface area contributed by atoms with Crippen LogP contribution in [-0.2, 0) is 4.79 Å². The van der Waals surface area contributed by atoms with Crippen LogP contribution < -0.4 is 10.1 Å². The molecule has 0 radical (unpaired) electrons. The van der Waals surface area contributed by atoms with Crippen LogP contribution in [0.3, 0.4) is 0 Å². The number of hydrogen-bond donors (Lipinski definition) is 1. The van der Waals surface area contributed by atoms with Gasteiger partial charge in [-0.05, 0) is 18.9 Å². The summed E-state index contributed by atoms with van der Waals surface area (Å²) in [7, 11) is 0. The fourth-order valence-electron chi connectivity index (χ4n) is 2.42. The first-order chi connectivity index (χ1) is 11.8. The number of aromatic nitrogens is 2. The number of para-hydroxylation sites is 1. The Kier molecular flexibility index (Phi) is 4.96. The third-order valence-electron chi connectivity index (χ3n) is 3.77. The first-order valence-corrected chi connectivity index (χ1v) is 10.8. The van der Waals surface area contributed by atoms with Crippen LogP contribution in [0.1, 0.15) is 33.9 Å². The molecule has 1 saturated carbocycles. The summed E-state index contributed by atoms with van der Waals surface area (Å²) in [6.07, 6.45) is 2.36. The van der Waals surface area contributed by atoms with Crippen molar-refractivity contribution in [2.24, 2.45) is 0 Å². The lowest BCUT2D eigenvalue weighted by atomic mass is 10.2. The minimum absolute atomic E-state index is 0.0165. The third kappa shape index (κ3) is 3.87. The lowest BCUT2D eigenvalue weighted by Gasteiger charge is -2.14. The van der Waals surface area contributed by atoms with Crippen LogP contribution >= 0.6 is 34.9 Å². The Hall–Kier alpha value is -1.25. The van der Waals surface area contributed by atoms with Crippen molar-refractivity contribution >= 4 is 45.9 Å². The molecule has 0 spiro atoms. The number of benzene rings is 1. The predicted octanol–water partition coefficient (Wildman–Crippen LogP) is 3.91. The van der Waals surface area contributed by atoms with E-state index < -0.39 is 0 Å². The van der Waals surface area contributed by atoms with Crippen molar-refractivity contribution in [1.29, 1.82) is 0 Å². The second kappa shape index (κ2) is 7.33. The molecule has 1 aliphatic carbocycles. The molecule has 5 nitrogen and oxygen atoms in total.